The molecular weight excluding hydrogens is 544 g/mol. The zero-order valence-corrected chi connectivity index (χ0v) is 25.5. The quantitative estimate of drug-likeness (QED) is 0.266. The number of ether oxygens (including phenoxy) is 1. The molecule has 0 aromatic heterocycles. The Kier molecular flexibility index (Phi) is 6.50. The lowest BCUT2D eigenvalue weighted by atomic mass is 9.71. The molecule has 0 fully saturated rings. The average Bonchev–Trinajstić information content (AvgIpc) is 3.42. The molecule has 0 saturated carbocycles. The maximum Gasteiger partial charge on any atom is 0.299 e. The fourth-order valence-electron chi connectivity index (χ4n) is 6.13. The van der Waals surface area contributed by atoms with Crippen molar-refractivity contribution in [2.75, 3.05) is 5.01 Å². The van der Waals surface area contributed by atoms with Crippen LogP contribution in [0.15, 0.2) is 96.1 Å². The Hall–Kier alpha value is -4.09. The number of nitrogens with zero attached hydrogens (tertiary/aromatic N) is 2. The first kappa shape index (κ1) is 28.0. The van der Waals surface area contributed by atoms with Gasteiger partial charge in [0.2, 0.25) is 5.60 Å². The van der Waals surface area contributed by atoms with Gasteiger partial charge in [-0.25, -0.2) is 0 Å². The molecule has 2 heterocycles. The van der Waals surface area contributed by atoms with Crippen molar-refractivity contribution in [1.82, 2.24) is 0 Å². The maximum atomic E-state index is 14.9. The molecule has 1 N–H and O–H groups in total. The largest absolute Gasteiger partial charge is 0.507 e. The van der Waals surface area contributed by atoms with Crippen molar-refractivity contribution >= 4 is 28.9 Å². The lowest BCUT2D eigenvalue weighted by Crippen LogP contribution is -2.53. The minimum atomic E-state index is -1.51. The van der Waals surface area contributed by atoms with Gasteiger partial charge in [-0.1, -0.05) is 114 Å². The lowest BCUT2D eigenvalue weighted by molar-refractivity contribution is -0.127. The van der Waals surface area contributed by atoms with Crippen LogP contribution in [0, 0.1) is 0 Å². The number of phenols is 1. The molecule has 0 aliphatic carbocycles. The molecular formula is C36H35ClN2O3. The van der Waals surface area contributed by atoms with Crippen molar-refractivity contribution in [2.24, 2.45) is 5.10 Å². The van der Waals surface area contributed by atoms with Gasteiger partial charge in [0, 0.05) is 16.1 Å². The number of rotatable bonds is 3. The molecule has 2 atom stereocenters. The van der Waals surface area contributed by atoms with E-state index in [0.717, 1.165) is 22.3 Å². The Morgan fingerprint density at radius 2 is 1.45 bits per heavy atom. The van der Waals surface area contributed by atoms with E-state index >= 15 is 0 Å². The van der Waals surface area contributed by atoms with E-state index in [1.54, 1.807) is 6.07 Å². The second kappa shape index (κ2) is 9.74. The topological polar surface area (TPSA) is 62.1 Å². The Labute approximate surface area is 252 Å². The molecule has 2 aliphatic rings. The zero-order chi connectivity index (χ0) is 30.0. The molecule has 4 aromatic rings. The Morgan fingerprint density at radius 3 is 2.07 bits per heavy atom. The summed E-state index contributed by atoms with van der Waals surface area (Å²) in [5.74, 6) is 0.0820. The number of anilines is 1. The molecule has 6 heteroatoms. The van der Waals surface area contributed by atoms with E-state index in [1.165, 1.54) is 5.01 Å². The molecule has 1 amide bonds. The van der Waals surface area contributed by atoms with Crippen LogP contribution in [-0.4, -0.2) is 22.3 Å². The van der Waals surface area contributed by atoms with E-state index in [2.05, 4.69) is 41.5 Å². The zero-order valence-electron chi connectivity index (χ0n) is 24.8. The smallest absolute Gasteiger partial charge is 0.299 e. The monoisotopic (exact) mass is 578 g/mol. The normalized spacial score (nSPS) is 20.1. The number of hydrogen-bond acceptors (Lipinski definition) is 4. The summed E-state index contributed by atoms with van der Waals surface area (Å²) in [6, 6.07) is 28.7. The number of halogens is 1. The van der Waals surface area contributed by atoms with Crippen molar-refractivity contribution in [1.29, 1.82) is 0 Å². The van der Waals surface area contributed by atoms with E-state index in [-0.39, 0.29) is 22.5 Å². The van der Waals surface area contributed by atoms with Gasteiger partial charge in [0.15, 0.2) is 0 Å². The Balaban J connectivity index is 1.68. The number of hydrogen-bond donors (Lipinski definition) is 1. The highest BCUT2D eigenvalue weighted by Gasteiger charge is 2.64. The van der Waals surface area contributed by atoms with Crippen molar-refractivity contribution in [3.05, 3.63) is 124 Å². The number of amides is 1. The fraction of sp³-hybridized carbons (Fsp3) is 0.278. The number of aromatic hydroxyl groups is 1. The van der Waals surface area contributed by atoms with Crippen LogP contribution in [0.25, 0.3) is 0 Å². The van der Waals surface area contributed by atoms with E-state index in [1.807, 2.05) is 84.9 Å². The SMILES string of the molecule is CC(C)(C)c1cc([C@H]2c3ccccc3O[C@]23C(=O)N(c2ccccc2)N=C3c2cccc(Cl)c2)cc(C(C)(C)C)c1O. The summed E-state index contributed by atoms with van der Waals surface area (Å²) < 4.78 is 6.85. The molecule has 6 rings (SSSR count). The fourth-order valence-corrected chi connectivity index (χ4v) is 6.32. The third-order valence-corrected chi connectivity index (χ3v) is 8.38. The Bertz CT molecular complexity index is 1700. The summed E-state index contributed by atoms with van der Waals surface area (Å²) in [6.45, 7) is 12.5. The van der Waals surface area contributed by atoms with Crippen LogP contribution in [0.2, 0.25) is 5.02 Å². The van der Waals surface area contributed by atoms with E-state index < -0.39 is 11.5 Å². The highest BCUT2D eigenvalue weighted by atomic mass is 35.5. The first-order valence-electron chi connectivity index (χ1n) is 14.2. The number of benzene rings is 4. The maximum absolute atomic E-state index is 14.9. The van der Waals surface area contributed by atoms with Crippen LogP contribution in [0.1, 0.15) is 75.3 Å². The van der Waals surface area contributed by atoms with Gasteiger partial charge in [0.25, 0.3) is 5.91 Å². The average molecular weight is 579 g/mol. The predicted octanol–water partition coefficient (Wildman–Crippen LogP) is 8.35. The van der Waals surface area contributed by atoms with Crippen LogP contribution >= 0.6 is 11.6 Å². The predicted molar refractivity (Wildman–Crippen MR) is 169 cm³/mol. The van der Waals surface area contributed by atoms with Gasteiger partial charge in [-0.05, 0) is 57.9 Å². The number of fused-ring (bicyclic) bond motifs is 1. The molecule has 4 aromatic carbocycles. The van der Waals surface area contributed by atoms with Crippen LogP contribution in [-0.2, 0) is 15.6 Å². The van der Waals surface area contributed by atoms with E-state index in [9.17, 15) is 9.90 Å². The molecule has 42 heavy (non-hydrogen) atoms. The van der Waals surface area contributed by atoms with Gasteiger partial charge < -0.3 is 9.84 Å². The van der Waals surface area contributed by atoms with Gasteiger partial charge in [-0.2, -0.15) is 10.1 Å². The number of carbonyl (C=O) groups is 1. The summed E-state index contributed by atoms with van der Waals surface area (Å²) in [7, 11) is 0. The Morgan fingerprint density at radius 1 is 0.833 bits per heavy atom. The molecule has 1 spiro atoms. The van der Waals surface area contributed by atoms with E-state index in [4.69, 9.17) is 21.4 Å². The third-order valence-electron chi connectivity index (χ3n) is 8.15. The van der Waals surface area contributed by atoms with Gasteiger partial charge in [0.1, 0.15) is 17.2 Å². The third kappa shape index (κ3) is 4.38. The minimum Gasteiger partial charge on any atom is -0.507 e. The summed E-state index contributed by atoms with van der Waals surface area (Å²) in [5.41, 5.74) is 3.02. The number of hydrazone groups is 1. The molecule has 0 bridgehead atoms. The van der Waals surface area contributed by atoms with Gasteiger partial charge in [-0.15, -0.1) is 0 Å². The summed E-state index contributed by atoms with van der Waals surface area (Å²) in [5, 5.41) is 18.5. The molecule has 0 unspecified atom stereocenters. The van der Waals surface area contributed by atoms with Crippen LogP contribution in [0.4, 0.5) is 5.69 Å². The second-order valence-corrected chi connectivity index (χ2v) is 13.6. The van der Waals surface area contributed by atoms with Crippen molar-refractivity contribution < 1.29 is 14.6 Å². The number of carbonyl (C=O) groups excluding carboxylic acids is 1. The lowest BCUT2D eigenvalue weighted by Gasteiger charge is -2.34. The highest BCUT2D eigenvalue weighted by molar-refractivity contribution is 6.33. The van der Waals surface area contributed by atoms with Gasteiger partial charge >= 0.3 is 0 Å². The molecule has 214 valence electrons. The molecule has 2 aliphatic heterocycles. The number of para-hydroxylation sites is 2. The van der Waals surface area contributed by atoms with Gasteiger partial charge in [-0.3, -0.25) is 4.79 Å². The van der Waals surface area contributed by atoms with Crippen molar-refractivity contribution in [3.8, 4) is 11.5 Å². The first-order valence-corrected chi connectivity index (χ1v) is 14.6. The molecule has 0 saturated heterocycles. The van der Waals surface area contributed by atoms with E-state index in [0.29, 0.717) is 27.7 Å². The van der Waals surface area contributed by atoms with Crippen molar-refractivity contribution in [3.63, 3.8) is 0 Å². The minimum absolute atomic E-state index is 0.285. The molecule has 0 radical (unpaired) electrons. The summed E-state index contributed by atoms with van der Waals surface area (Å²) in [4.78, 5) is 14.9. The van der Waals surface area contributed by atoms with Crippen molar-refractivity contribution in [2.45, 2.75) is 63.9 Å². The van der Waals surface area contributed by atoms with Gasteiger partial charge in [0.05, 0.1) is 11.6 Å². The highest BCUT2D eigenvalue weighted by Crippen LogP contribution is 2.55. The van der Waals surface area contributed by atoms with Crippen LogP contribution < -0.4 is 9.75 Å². The van der Waals surface area contributed by atoms with Crippen LogP contribution in [0.3, 0.4) is 0 Å². The van der Waals surface area contributed by atoms with Crippen LogP contribution in [0.5, 0.6) is 11.5 Å². The first-order chi connectivity index (χ1) is 19.8. The standard InChI is InChI=1S/C36H35ClN2O3/c1-34(2,3)27-20-23(21-28(31(27)40)35(4,5)6)30-26-17-10-11-18-29(26)42-36(30)32(22-13-12-14-24(37)19-22)38-39(33(36)41)25-15-8-7-9-16-25/h7-21,30,40H,1-6H3/t30-,36+/m0/s1. The number of phenolic OH excluding ortho intramolecular Hbond substituents is 1. The molecule has 5 nitrogen and oxygen atoms in total. The summed E-state index contributed by atoms with van der Waals surface area (Å²) in [6.07, 6.45) is 0. The summed E-state index contributed by atoms with van der Waals surface area (Å²) >= 11 is 6.49. The second-order valence-electron chi connectivity index (χ2n) is 13.2.